The van der Waals surface area contributed by atoms with Crippen LogP contribution in [0.1, 0.15) is 10.4 Å². The lowest BCUT2D eigenvalue weighted by Gasteiger charge is -2.07. The van der Waals surface area contributed by atoms with E-state index in [9.17, 15) is 4.79 Å². The van der Waals surface area contributed by atoms with Crippen LogP contribution in [0, 0.1) is 3.57 Å². The van der Waals surface area contributed by atoms with Gasteiger partial charge < -0.3 is 5.32 Å². The van der Waals surface area contributed by atoms with Crippen molar-refractivity contribution in [3.8, 4) is 11.3 Å². The molecule has 0 fully saturated rings. The largest absolute Gasteiger partial charge is 0.322 e. The van der Waals surface area contributed by atoms with E-state index >= 15 is 0 Å². The Labute approximate surface area is 157 Å². The monoisotopic (exact) mass is 441 g/mol. The maximum absolute atomic E-state index is 12.3. The molecule has 0 saturated carbocycles. The van der Waals surface area contributed by atoms with Crippen molar-refractivity contribution in [2.75, 3.05) is 5.32 Å². The molecule has 4 rings (SSSR count). The van der Waals surface area contributed by atoms with E-state index in [2.05, 4.69) is 43.2 Å². The minimum absolute atomic E-state index is 0.131. The van der Waals surface area contributed by atoms with E-state index in [1.54, 1.807) is 10.8 Å². The van der Waals surface area contributed by atoms with E-state index in [0.29, 0.717) is 11.2 Å². The number of hydrogen-bond donors (Lipinski definition) is 1. The lowest BCUT2D eigenvalue weighted by atomic mass is 10.1. The van der Waals surface area contributed by atoms with Crippen molar-refractivity contribution >= 4 is 39.8 Å². The van der Waals surface area contributed by atoms with E-state index in [1.165, 1.54) is 0 Å². The van der Waals surface area contributed by atoms with Crippen molar-refractivity contribution < 1.29 is 4.79 Å². The molecular weight excluding hydrogens is 429 g/mol. The number of aromatic nitrogens is 4. The second-order valence-corrected chi connectivity index (χ2v) is 6.64. The van der Waals surface area contributed by atoms with Crippen LogP contribution < -0.4 is 5.32 Å². The summed E-state index contributed by atoms with van der Waals surface area (Å²) >= 11 is 2.21. The van der Waals surface area contributed by atoms with Gasteiger partial charge in [0.1, 0.15) is 6.33 Å². The van der Waals surface area contributed by atoms with Gasteiger partial charge in [-0.2, -0.15) is 9.61 Å². The van der Waals surface area contributed by atoms with Gasteiger partial charge in [0, 0.05) is 20.4 Å². The third-order valence-electron chi connectivity index (χ3n) is 3.71. The smallest absolute Gasteiger partial charge is 0.255 e. The molecule has 6 nitrogen and oxygen atoms in total. The summed E-state index contributed by atoms with van der Waals surface area (Å²) in [7, 11) is 0. The summed E-state index contributed by atoms with van der Waals surface area (Å²) in [6.07, 6.45) is 1.56. The number of carbonyl (C=O) groups is 1. The average Bonchev–Trinajstić information content (AvgIpc) is 3.10. The Morgan fingerprint density at radius 1 is 0.960 bits per heavy atom. The molecule has 0 aliphatic carbocycles. The summed E-state index contributed by atoms with van der Waals surface area (Å²) < 4.78 is 2.72. The first-order valence-electron chi connectivity index (χ1n) is 7.53. The molecule has 0 aliphatic rings. The van der Waals surface area contributed by atoms with E-state index in [-0.39, 0.29) is 5.91 Å². The Morgan fingerprint density at radius 3 is 2.48 bits per heavy atom. The predicted octanol–water partition coefficient (Wildman–Crippen LogP) is 3.65. The standard InChI is InChI=1S/C18H12IN5O/c19-14-5-1-13(2-6-14)18(25)21-15-7-3-12(4-8-15)16-9-10-17-22-20-11-24(17)23-16/h1-11H,(H,21,25). The molecule has 1 amide bonds. The Balaban J connectivity index is 1.53. The van der Waals surface area contributed by atoms with E-state index in [4.69, 9.17) is 0 Å². The molecule has 0 spiro atoms. The van der Waals surface area contributed by atoms with Crippen LogP contribution in [-0.2, 0) is 0 Å². The first kappa shape index (κ1) is 15.7. The molecular formula is C18H12IN5O. The molecule has 0 saturated heterocycles. The number of rotatable bonds is 3. The van der Waals surface area contributed by atoms with Gasteiger partial charge in [0.15, 0.2) is 5.65 Å². The van der Waals surface area contributed by atoms with Gasteiger partial charge in [0.25, 0.3) is 5.91 Å². The zero-order valence-electron chi connectivity index (χ0n) is 12.9. The SMILES string of the molecule is O=C(Nc1ccc(-c2ccc3nncn3n2)cc1)c1ccc(I)cc1. The van der Waals surface area contributed by atoms with Crippen LogP contribution in [0.3, 0.4) is 0 Å². The number of fused-ring (bicyclic) bond motifs is 1. The van der Waals surface area contributed by atoms with Crippen LogP contribution in [0.5, 0.6) is 0 Å². The van der Waals surface area contributed by atoms with Gasteiger partial charge in [0.2, 0.25) is 0 Å². The molecule has 4 aromatic rings. The molecule has 2 heterocycles. The molecule has 0 unspecified atom stereocenters. The number of nitrogens with one attached hydrogen (secondary N) is 1. The van der Waals surface area contributed by atoms with Gasteiger partial charge in [-0.05, 0) is 71.1 Å². The minimum atomic E-state index is -0.131. The Morgan fingerprint density at radius 2 is 1.72 bits per heavy atom. The number of amides is 1. The summed E-state index contributed by atoms with van der Waals surface area (Å²) in [4.78, 5) is 12.3. The number of carbonyl (C=O) groups excluding carboxylic acids is 1. The summed E-state index contributed by atoms with van der Waals surface area (Å²) in [5.41, 5.74) is 3.82. The second-order valence-electron chi connectivity index (χ2n) is 5.39. The number of nitrogens with zero attached hydrogens (tertiary/aromatic N) is 4. The Kier molecular flexibility index (Phi) is 4.14. The Hall–Kier alpha value is -2.81. The summed E-state index contributed by atoms with van der Waals surface area (Å²) in [6, 6.07) is 18.7. The van der Waals surface area contributed by atoms with E-state index in [1.807, 2.05) is 60.7 Å². The first-order valence-corrected chi connectivity index (χ1v) is 8.61. The van der Waals surface area contributed by atoms with Crippen molar-refractivity contribution in [1.82, 2.24) is 19.8 Å². The van der Waals surface area contributed by atoms with Gasteiger partial charge in [-0.3, -0.25) is 4.79 Å². The highest BCUT2D eigenvalue weighted by atomic mass is 127. The fourth-order valence-electron chi connectivity index (χ4n) is 2.41. The summed E-state index contributed by atoms with van der Waals surface area (Å²) in [5, 5.41) is 15.1. The Bertz CT molecular complexity index is 1040. The molecule has 2 aromatic heterocycles. The third-order valence-corrected chi connectivity index (χ3v) is 4.43. The summed E-state index contributed by atoms with van der Waals surface area (Å²) in [5.74, 6) is -0.131. The highest BCUT2D eigenvalue weighted by molar-refractivity contribution is 14.1. The first-order chi connectivity index (χ1) is 12.2. The highest BCUT2D eigenvalue weighted by Crippen LogP contribution is 2.20. The highest BCUT2D eigenvalue weighted by Gasteiger charge is 2.07. The van der Waals surface area contributed by atoms with E-state index < -0.39 is 0 Å². The van der Waals surface area contributed by atoms with Gasteiger partial charge in [-0.15, -0.1) is 10.2 Å². The molecule has 122 valence electrons. The van der Waals surface area contributed by atoms with Crippen molar-refractivity contribution in [1.29, 1.82) is 0 Å². The molecule has 0 radical (unpaired) electrons. The topological polar surface area (TPSA) is 72.2 Å². The van der Waals surface area contributed by atoms with Crippen LogP contribution in [0.15, 0.2) is 67.0 Å². The van der Waals surface area contributed by atoms with Gasteiger partial charge in [0.05, 0.1) is 5.69 Å². The van der Waals surface area contributed by atoms with E-state index in [0.717, 1.165) is 20.5 Å². The maximum atomic E-state index is 12.3. The maximum Gasteiger partial charge on any atom is 0.255 e. The fourth-order valence-corrected chi connectivity index (χ4v) is 2.77. The number of hydrogen-bond acceptors (Lipinski definition) is 4. The molecule has 2 aromatic carbocycles. The average molecular weight is 441 g/mol. The minimum Gasteiger partial charge on any atom is -0.322 e. The van der Waals surface area contributed by atoms with Crippen LogP contribution in [0.25, 0.3) is 16.9 Å². The molecule has 1 N–H and O–H groups in total. The number of halogens is 1. The molecule has 0 aliphatic heterocycles. The normalized spacial score (nSPS) is 10.8. The third kappa shape index (κ3) is 3.36. The quantitative estimate of drug-likeness (QED) is 0.493. The molecule has 25 heavy (non-hydrogen) atoms. The molecule has 0 bridgehead atoms. The van der Waals surface area contributed by atoms with Gasteiger partial charge in [-0.25, -0.2) is 0 Å². The van der Waals surface area contributed by atoms with Crippen LogP contribution in [-0.4, -0.2) is 25.7 Å². The zero-order valence-corrected chi connectivity index (χ0v) is 15.1. The zero-order chi connectivity index (χ0) is 17.2. The van der Waals surface area contributed by atoms with Crippen LogP contribution >= 0.6 is 22.6 Å². The van der Waals surface area contributed by atoms with Gasteiger partial charge >= 0.3 is 0 Å². The van der Waals surface area contributed by atoms with Crippen LogP contribution in [0.2, 0.25) is 0 Å². The fraction of sp³-hybridized carbons (Fsp3) is 0. The predicted molar refractivity (Wildman–Crippen MR) is 103 cm³/mol. The van der Waals surface area contributed by atoms with Gasteiger partial charge in [-0.1, -0.05) is 12.1 Å². The van der Waals surface area contributed by atoms with Crippen molar-refractivity contribution in [3.05, 3.63) is 76.1 Å². The molecule has 0 atom stereocenters. The lowest BCUT2D eigenvalue weighted by molar-refractivity contribution is 0.102. The number of anilines is 1. The van der Waals surface area contributed by atoms with Crippen molar-refractivity contribution in [2.45, 2.75) is 0 Å². The molecule has 7 heteroatoms. The summed E-state index contributed by atoms with van der Waals surface area (Å²) in [6.45, 7) is 0. The lowest BCUT2D eigenvalue weighted by Crippen LogP contribution is -2.11. The van der Waals surface area contributed by atoms with Crippen molar-refractivity contribution in [3.63, 3.8) is 0 Å². The van der Waals surface area contributed by atoms with Crippen LogP contribution in [0.4, 0.5) is 5.69 Å². The van der Waals surface area contributed by atoms with Crippen molar-refractivity contribution in [2.24, 2.45) is 0 Å². The number of benzene rings is 2. The second kappa shape index (κ2) is 6.60.